The summed E-state index contributed by atoms with van der Waals surface area (Å²) in [6, 6.07) is 11.2. The largest absolute Gasteiger partial charge is 0.396 e. The molecule has 2 aromatic carbocycles. The summed E-state index contributed by atoms with van der Waals surface area (Å²) in [5, 5.41) is 9.86. The number of halogens is 2. The van der Waals surface area contributed by atoms with Crippen LogP contribution >= 0.6 is 23.4 Å². The van der Waals surface area contributed by atoms with Crippen LogP contribution in [-0.2, 0) is 0 Å². The van der Waals surface area contributed by atoms with E-state index < -0.39 is 5.82 Å². The second kappa shape index (κ2) is 7.34. The van der Waals surface area contributed by atoms with E-state index in [9.17, 15) is 9.18 Å². The molecule has 0 amide bonds. The normalized spacial score (nSPS) is 11.1. The lowest BCUT2D eigenvalue weighted by Gasteiger charge is -2.13. The predicted octanol–water partition coefficient (Wildman–Crippen LogP) is 3.65. The Morgan fingerprint density at radius 3 is 2.79 bits per heavy atom. The fourth-order valence-electron chi connectivity index (χ4n) is 2.29. The number of hydrogen-bond donors (Lipinski definition) is 1. The lowest BCUT2D eigenvalue weighted by molar-refractivity contribution is 0.296. The van der Waals surface area contributed by atoms with Crippen LogP contribution in [0.1, 0.15) is 6.42 Å². The second-order valence-electron chi connectivity index (χ2n) is 5.08. The SMILES string of the molecule is O=c1c2ccccc2nc(SCCCO)n1-c1ccc(F)c(Cl)c1. The Kier molecular flexibility index (Phi) is 5.18. The minimum Gasteiger partial charge on any atom is -0.396 e. The summed E-state index contributed by atoms with van der Waals surface area (Å²) < 4.78 is 14.9. The first kappa shape index (κ1) is 17.0. The molecule has 0 bridgehead atoms. The van der Waals surface area contributed by atoms with Crippen molar-refractivity contribution in [3.63, 3.8) is 0 Å². The van der Waals surface area contributed by atoms with Gasteiger partial charge in [0.1, 0.15) is 5.82 Å². The molecule has 4 nitrogen and oxygen atoms in total. The zero-order valence-corrected chi connectivity index (χ0v) is 14.1. The third kappa shape index (κ3) is 3.31. The van der Waals surface area contributed by atoms with Crippen molar-refractivity contribution in [1.82, 2.24) is 9.55 Å². The maximum atomic E-state index is 13.4. The van der Waals surface area contributed by atoms with Crippen LogP contribution in [0.2, 0.25) is 5.02 Å². The highest BCUT2D eigenvalue weighted by molar-refractivity contribution is 7.99. The number of hydrogen-bond acceptors (Lipinski definition) is 4. The standard InChI is InChI=1S/C17H14ClFN2O2S/c18-13-10-11(6-7-14(13)19)21-16(23)12-4-1-2-5-15(12)20-17(21)24-9-3-8-22/h1-2,4-7,10,22H,3,8-9H2. The van der Waals surface area contributed by atoms with Gasteiger partial charge in [-0.2, -0.15) is 0 Å². The van der Waals surface area contributed by atoms with E-state index in [1.54, 1.807) is 18.2 Å². The molecule has 0 spiro atoms. The molecule has 1 aromatic heterocycles. The summed E-state index contributed by atoms with van der Waals surface area (Å²) >= 11 is 7.22. The van der Waals surface area contributed by atoms with Crippen LogP contribution in [0.3, 0.4) is 0 Å². The van der Waals surface area contributed by atoms with Crippen LogP contribution in [-0.4, -0.2) is 27.0 Å². The highest BCUT2D eigenvalue weighted by Crippen LogP contribution is 2.24. The number of rotatable bonds is 5. The number of benzene rings is 2. The summed E-state index contributed by atoms with van der Waals surface area (Å²) in [6.45, 7) is 0.0627. The fraction of sp³-hybridized carbons (Fsp3) is 0.176. The minimum absolute atomic E-state index is 0.0566. The predicted molar refractivity (Wildman–Crippen MR) is 94.7 cm³/mol. The molecule has 0 aliphatic carbocycles. The maximum absolute atomic E-state index is 13.4. The number of aliphatic hydroxyl groups excluding tert-OH is 1. The van der Waals surface area contributed by atoms with E-state index >= 15 is 0 Å². The Labute approximate surface area is 146 Å². The Bertz CT molecular complexity index is 946. The molecule has 0 saturated carbocycles. The van der Waals surface area contributed by atoms with Gasteiger partial charge < -0.3 is 5.11 Å². The molecule has 1 N–H and O–H groups in total. The molecule has 7 heteroatoms. The van der Waals surface area contributed by atoms with Gasteiger partial charge in [-0.3, -0.25) is 9.36 Å². The zero-order valence-electron chi connectivity index (χ0n) is 12.6. The average Bonchev–Trinajstić information content (AvgIpc) is 2.58. The third-order valence-corrected chi connectivity index (χ3v) is 4.75. The van der Waals surface area contributed by atoms with E-state index in [4.69, 9.17) is 16.7 Å². The minimum atomic E-state index is -0.545. The molecule has 1 heterocycles. The number of aromatic nitrogens is 2. The second-order valence-corrected chi connectivity index (χ2v) is 6.55. The van der Waals surface area contributed by atoms with Crippen molar-refractivity contribution in [2.75, 3.05) is 12.4 Å². The van der Waals surface area contributed by atoms with Gasteiger partial charge in [-0.05, 0) is 36.8 Å². The van der Waals surface area contributed by atoms with Crippen LogP contribution in [0.15, 0.2) is 52.4 Å². The van der Waals surface area contributed by atoms with E-state index in [0.29, 0.717) is 33.9 Å². The van der Waals surface area contributed by atoms with E-state index in [-0.39, 0.29) is 17.2 Å². The quantitative estimate of drug-likeness (QED) is 0.426. The highest BCUT2D eigenvalue weighted by atomic mass is 35.5. The monoisotopic (exact) mass is 364 g/mol. The number of nitrogens with zero attached hydrogens (tertiary/aromatic N) is 2. The lowest BCUT2D eigenvalue weighted by atomic mass is 10.2. The summed E-state index contributed by atoms with van der Waals surface area (Å²) in [7, 11) is 0. The molecule has 24 heavy (non-hydrogen) atoms. The first-order valence-electron chi connectivity index (χ1n) is 7.32. The van der Waals surface area contributed by atoms with Crippen molar-refractivity contribution in [3.8, 4) is 5.69 Å². The molecule has 0 unspecified atom stereocenters. The molecular formula is C17H14ClFN2O2S. The van der Waals surface area contributed by atoms with Gasteiger partial charge >= 0.3 is 0 Å². The first-order valence-corrected chi connectivity index (χ1v) is 8.69. The van der Waals surface area contributed by atoms with Crippen molar-refractivity contribution >= 4 is 34.3 Å². The van der Waals surface area contributed by atoms with Gasteiger partial charge in [-0.25, -0.2) is 9.37 Å². The van der Waals surface area contributed by atoms with Gasteiger partial charge in [0, 0.05) is 12.4 Å². The molecule has 3 aromatic rings. The third-order valence-electron chi connectivity index (χ3n) is 3.44. The van der Waals surface area contributed by atoms with Crippen molar-refractivity contribution in [3.05, 3.63) is 63.7 Å². The zero-order chi connectivity index (χ0) is 17.1. The number of thioether (sulfide) groups is 1. The van der Waals surface area contributed by atoms with Crippen molar-refractivity contribution in [2.45, 2.75) is 11.6 Å². The lowest BCUT2D eigenvalue weighted by Crippen LogP contribution is -2.22. The molecule has 3 rings (SSSR count). The van der Waals surface area contributed by atoms with E-state index in [1.807, 2.05) is 6.07 Å². The van der Waals surface area contributed by atoms with Gasteiger partial charge in [-0.1, -0.05) is 35.5 Å². The summed E-state index contributed by atoms with van der Waals surface area (Å²) in [5.74, 6) is 0.0626. The topological polar surface area (TPSA) is 55.1 Å². The van der Waals surface area contributed by atoms with Crippen molar-refractivity contribution in [1.29, 1.82) is 0 Å². The molecular weight excluding hydrogens is 351 g/mol. The number of aliphatic hydroxyl groups is 1. The molecule has 0 saturated heterocycles. The summed E-state index contributed by atoms with van der Waals surface area (Å²) in [4.78, 5) is 17.4. The Hall–Kier alpha value is -1.89. The molecule has 124 valence electrons. The number of para-hydroxylation sites is 1. The molecule has 0 fully saturated rings. The molecule has 0 aliphatic heterocycles. The Morgan fingerprint density at radius 1 is 1.25 bits per heavy atom. The highest BCUT2D eigenvalue weighted by Gasteiger charge is 2.14. The van der Waals surface area contributed by atoms with Crippen LogP contribution in [0.4, 0.5) is 4.39 Å². The number of fused-ring (bicyclic) bond motifs is 1. The van der Waals surface area contributed by atoms with Crippen LogP contribution in [0.25, 0.3) is 16.6 Å². The van der Waals surface area contributed by atoms with E-state index in [1.165, 1.54) is 34.5 Å². The smallest absolute Gasteiger partial charge is 0.266 e. The van der Waals surface area contributed by atoms with Gasteiger partial charge in [0.25, 0.3) is 5.56 Å². The Morgan fingerprint density at radius 2 is 2.04 bits per heavy atom. The van der Waals surface area contributed by atoms with Gasteiger partial charge in [0.05, 0.1) is 21.6 Å². The molecule has 0 aliphatic rings. The average molecular weight is 365 g/mol. The van der Waals surface area contributed by atoms with Crippen LogP contribution in [0, 0.1) is 5.82 Å². The van der Waals surface area contributed by atoms with Gasteiger partial charge in [-0.15, -0.1) is 0 Å². The van der Waals surface area contributed by atoms with Gasteiger partial charge in [0.15, 0.2) is 5.16 Å². The van der Waals surface area contributed by atoms with Crippen molar-refractivity contribution < 1.29 is 9.50 Å². The summed E-state index contributed by atoms with van der Waals surface area (Å²) in [6.07, 6.45) is 0.581. The van der Waals surface area contributed by atoms with Gasteiger partial charge in [0.2, 0.25) is 0 Å². The Balaban J connectivity index is 2.22. The molecule has 0 atom stereocenters. The summed E-state index contributed by atoms with van der Waals surface area (Å²) in [5.41, 5.74) is 0.810. The first-order chi connectivity index (χ1) is 11.6. The fourth-order valence-corrected chi connectivity index (χ4v) is 3.40. The molecule has 0 radical (unpaired) electrons. The van der Waals surface area contributed by atoms with Crippen LogP contribution < -0.4 is 5.56 Å². The van der Waals surface area contributed by atoms with E-state index in [0.717, 1.165) is 0 Å². The van der Waals surface area contributed by atoms with Crippen molar-refractivity contribution in [2.24, 2.45) is 0 Å². The van der Waals surface area contributed by atoms with E-state index in [2.05, 4.69) is 4.98 Å². The van der Waals surface area contributed by atoms with Crippen LogP contribution in [0.5, 0.6) is 0 Å². The maximum Gasteiger partial charge on any atom is 0.266 e.